The highest BCUT2D eigenvalue weighted by molar-refractivity contribution is 5.94. The first kappa shape index (κ1) is 32.3. The molecule has 5 rings (SSSR count). The molecule has 0 amide bonds. The number of hydrogen-bond acceptors (Lipinski definition) is 7. The molecule has 4 N–H and O–H groups in total. The Bertz CT molecular complexity index is 1040. The van der Waals surface area contributed by atoms with E-state index < -0.39 is 37.3 Å². The summed E-state index contributed by atoms with van der Waals surface area (Å²) in [6.45, 7) is 15.5. The van der Waals surface area contributed by atoms with Gasteiger partial charge in [-0.1, -0.05) is 45.4 Å². The summed E-state index contributed by atoms with van der Waals surface area (Å²) in [5.41, 5.74) is 2.62. The quantitative estimate of drug-likeness (QED) is 0.282. The van der Waals surface area contributed by atoms with Crippen molar-refractivity contribution in [3.05, 3.63) is 23.8 Å². The summed E-state index contributed by atoms with van der Waals surface area (Å²) in [5.74, 6) is 3.10. The number of ether oxygens (including phenoxy) is 2. The maximum atomic E-state index is 13.9. The van der Waals surface area contributed by atoms with Gasteiger partial charge < -0.3 is 29.9 Å². The van der Waals surface area contributed by atoms with E-state index in [0.717, 1.165) is 37.7 Å². The van der Waals surface area contributed by atoms with Crippen LogP contribution in [0.3, 0.4) is 0 Å². The lowest BCUT2D eigenvalue weighted by atomic mass is 9.46. The van der Waals surface area contributed by atoms with Crippen molar-refractivity contribution in [3.63, 3.8) is 0 Å². The van der Waals surface area contributed by atoms with Crippen LogP contribution >= 0.6 is 0 Å². The summed E-state index contributed by atoms with van der Waals surface area (Å²) in [7, 11) is 0. The molecule has 4 fully saturated rings. The maximum Gasteiger partial charge on any atom is 0.186 e. The van der Waals surface area contributed by atoms with Crippen molar-refractivity contribution in [1.82, 2.24) is 0 Å². The van der Waals surface area contributed by atoms with E-state index in [1.54, 1.807) is 0 Å². The highest BCUT2D eigenvalue weighted by Gasteiger charge is 2.61. The third-order valence-corrected chi connectivity index (χ3v) is 13.0. The molecular formula is C35H56O7. The van der Waals surface area contributed by atoms with Gasteiger partial charge in [0.05, 0.1) is 12.7 Å². The Kier molecular flexibility index (Phi) is 9.51. The first-order valence-corrected chi connectivity index (χ1v) is 16.7. The standard InChI is InChI=1S/C35H56O7/c1-7-21(19(2)3)9-8-20(4)24-10-11-25-29-26(13-15-35(24,25)6)34(5)14-12-23(16-22(34)17-27(29)37)41-33-32(40)31(39)30(38)28(18-36)42-33/h17,20-21,23-26,28-33,36,38-40H,2,7-16,18H2,1,3-6H3/t20-,21+,23+,24+,25+,26+,28-,29+,30-,31+,32-,33-,34+,35-/m1/s1. The predicted octanol–water partition coefficient (Wildman–Crippen LogP) is 4.95. The normalized spacial score (nSPS) is 46.7. The van der Waals surface area contributed by atoms with E-state index in [4.69, 9.17) is 9.47 Å². The Balaban J connectivity index is 1.28. The zero-order chi connectivity index (χ0) is 30.6. The lowest BCUT2D eigenvalue weighted by Crippen LogP contribution is -2.60. The van der Waals surface area contributed by atoms with Crippen molar-refractivity contribution >= 4 is 5.78 Å². The number of rotatable bonds is 9. The molecule has 3 saturated carbocycles. The average Bonchev–Trinajstić information content (AvgIpc) is 3.31. The van der Waals surface area contributed by atoms with Gasteiger partial charge in [-0.2, -0.15) is 0 Å². The molecule has 42 heavy (non-hydrogen) atoms. The number of aliphatic hydroxyl groups is 4. The van der Waals surface area contributed by atoms with Gasteiger partial charge in [0.1, 0.15) is 24.4 Å². The topological polar surface area (TPSA) is 116 Å². The smallest absolute Gasteiger partial charge is 0.186 e. The molecule has 0 aromatic heterocycles. The largest absolute Gasteiger partial charge is 0.394 e. The Morgan fingerprint density at radius 3 is 2.48 bits per heavy atom. The summed E-state index contributed by atoms with van der Waals surface area (Å²) in [6, 6.07) is 0. The highest BCUT2D eigenvalue weighted by atomic mass is 16.7. The average molecular weight is 589 g/mol. The van der Waals surface area contributed by atoms with Gasteiger partial charge in [-0.25, -0.2) is 0 Å². The van der Waals surface area contributed by atoms with Crippen molar-refractivity contribution < 1.29 is 34.7 Å². The number of aliphatic hydroxyl groups excluding tert-OH is 4. The fourth-order valence-corrected chi connectivity index (χ4v) is 10.3. The zero-order valence-electron chi connectivity index (χ0n) is 26.5. The highest BCUT2D eigenvalue weighted by Crippen LogP contribution is 2.67. The Morgan fingerprint density at radius 2 is 1.81 bits per heavy atom. The van der Waals surface area contributed by atoms with Gasteiger partial charge in [0, 0.05) is 5.92 Å². The lowest BCUT2D eigenvalue weighted by Gasteiger charge is -2.58. The van der Waals surface area contributed by atoms with Crippen LogP contribution in [0.15, 0.2) is 23.8 Å². The molecule has 5 aliphatic rings. The van der Waals surface area contributed by atoms with Crippen molar-refractivity contribution in [3.8, 4) is 0 Å². The molecule has 7 heteroatoms. The predicted molar refractivity (Wildman–Crippen MR) is 161 cm³/mol. The summed E-state index contributed by atoms with van der Waals surface area (Å²) in [4.78, 5) is 13.9. The van der Waals surface area contributed by atoms with Crippen LogP contribution < -0.4 is 0 Å². The number of carbonyl (C=O) groups excluding carboxylic acids is 1. The zero-order valence-corrected chi connectivity index (χ0v) is 26.5. The number of carbonyl (C=O) groups is 1. The van der Waals surface area contributed by atoms with E-state index >= 15 is 0 Å². The van der Waals surface area contributed by atoms with E-state index in [2.05, 4.69) is 41.2 Å². The molecule has 238 valence electrons. The monoisotopic (exact) mass is 588 g/mol. The maximum absolute atomic E-state index is 13.9. The van der Waals surface area contributed by atoms with E-state index in [-0.39, 0.29) is 22.9 Å². The molecule has 14 atom stereocenters. The van der Waals surface area contributed by atoms with Gasteiger partial charge in [0.15, 0.2) is 12.1 Å². The number of allylic oxidation sites excluding steroid dienone is 2. The Labute approximate surface area is 252 Å². The molecule has 0 radical (unpaired) electrons. The fraction of sp³-hybridized carbons (Fsp3) is 0.857. The second-order valence-electron chi connectivity index (χ2n) is 15.2. The second-order valence-corrected chi connectivity index (χ2v) is 15.2. The van der Waals surface area contributed by atoms with E-state index in [1.807, 2.05) is 6.08 Å². The van der Waals surface area contributed by atoms with Crippen LogP contribution in [-0.4, -0.2) is 69.6 Å². The van der Waals surface area contributed by atoms with Gasteiger partial charge in [-0.3, -0.25) is 4.79 Å². The van der Waals surface area contributed by atoms with Crippen LogP contribution in [0.5, 0.6) is 0 Å². The molecule has 4 aliphatic carbocycles. The third-order valence-electron chi connectivity index (χ3n) is 13.0. The van der Waals surface area contributed by atoms with E-state index in [1.165, 1.54) is 31.3 Å². The molecule has 0 aromatic rings. The second kappa shape index (κ2) is 12.4. The summed E-state index contributed by atoms with van der Waals surface area (Å²) in [6.07, 6.45) is 5.76. The summed E-state index contributed by atoms with van der Waals surface area (Å²) >= 11 is 0. The van der Waals surface area contributed by atoms with Gasteiger partial charge in [0.2, 0.25) is 0 Å². The van der Waals surface area contributed by atoms with Crippen LogP contribution in [0.4, 0.5) is 0 Å². The molecule has 1 aliphatic heterocycles. The number of ketones is 1. The fourth-order valence-electron chi connectivity index (χ4n) is 10.3. The van der Waals surface area contributed by atoms with Crippen molar-refractivity contribution in [2.75, 3.05) is 6.61 Å². The van der Waals surface area contributed by atoms with Crippen LogP contribution in [0.1, 0.15) is 98.8 Å². The number of fused-ring (bicyclic) bond motifs is 5. The molecule has 1 saturated heterocycles. The van der Waals surface area contributed by atoms with Crippen LogP contribution in [-0.2, 0) is 14.3 Å². The lowest BCUT2D eigenvalue weighted by molar-refractivity contribution is -0.313. The van der Waals surface area contributed by atoms with Crippen LogP contribution in [0, 0.1) is 46.3 Å². The van der Waals surface area contributed by atoms with Gasteiger partial charge in [-0.05, 0) is 118 Å². The first-order chi connectivity index (χ1) is 19.8. The first-order valence-electron chi connectivity index (χ1n) is 16.7. The molecule has 0 spiro atoms. The molecule has 1 heterocycles. The Morgan fingerprint density at radius 1 is 1.07 bits per heavy atom. The summed E-state index contributed by atoms with van der Waals surface area (Å²) in [5, 5.41) is 40.3. The van der Waals surface area contributed by atoms with E-state index in [9.17, 15) is 25.2 Å². The minimum absolute atomic E-state index is 0.0469. The van der Waals surface area contributed by atoms with Crippen LogP contribution in [0.25, 0.3) is 0 Å². The van der Waals surface area contributed by atoms with Crippen molar-refractivity contribution in [2.24, 2.45) is 46.3 Å². The number of hydrogen-bond donors (Lipinski definition) is 4. The molecule has 7 nitrogen and oxygen atoms in total. The molecule has 0 aromatic carbocycles. The van der Waals surface area contributed by atoms with Gasteiger partial charge in [0.25, 0.3) is 0 Å². The summed E-state index contributed by atoms with van der Waals surface area (Å²) < 4.78 is 11.8. The molecule has 0 unspecified atom stereocenters. The van der Waals surface area contributed by atoms with Crippen LogP contribution in [0.2, 0.25) is 0 Å². The third kappa shape index (κ3) is 5.49. The van der Waals surface area contributed by atoms with Crippen molar-refractivity contribution in [1.29, 1.82) is 0 Å². The molecular weight excluding hydrogens is 532 g/mol. The van der Waals surface area contributed by atoms with Crippen molar-refractivity contribution in [2.45, 2.75) is 136 Å². The Hall–Kier alpha value is -1.09. The SMILES string of the molecule is C=C(C)[C@@H](CC)CC[C@@H](C)[C@@H]1CC[C@H]2[C@@H]3C(=O)C=C4C[C@@H](O[C@@H]5O[C@H](CO)[C@@H](O)[C@H](O)[C@H]5O)CC[C@]4(C)[C@H]3CC[C@@]21C. The minimum atomic E-state index is -1.46. The van der Waals surface area contributed by atoms with Gasteiger partial charge in [-0.15, -0.1) is 0 Å². The van der Waals surface area contributed by atoms with Gasteiger partial charge >= 0.3 is 0 Å². The minimum Gasteiger partial charge on any atom is -0.394 e. The molecule has 0 bridgehead atoms. The van der Waals surface area contributed by atoms with E-state index in [0.29, 0.717) is 41.8 Å².